The summed E-state index contributed by atoms with van der Waals surface area (Å²) >= 11 is 0. The molecule has 21 heavy (non-hydrogen) atoms. The molecule has 8 nitrogen and oxygen atoms in total. The van der Waals surface area contributed by atoms with Gasteiger partial charge in [0.1, 0.15) is 0 Å². The van der Waals surface area contributed by atoms with Crippen LogP contribution in [-0.2, 0) is 17.6 Å². The number of nitrogens with two attached hydrogens (primary N) is 1. The van der Waals surface area contributed by atoms with E-state index in [0.29, 0.717) is 0 Å². The van der Waals surface area contributed by atoms with Crippen LogP contribution in [0.15, 0.2) is 6.20 Å². The Labute approximate surface area is 122 Å². The number of hydrogen-bond donors (Lipinski definition) is 1. The van der Waals surface area contributed by atoms with Crippen LogP contribution in [0.2, 0.25) is 0 Å². The summed E-state index contributed by atoms with van der Waals surface area (Å²) in [6.07, 6.45) is 2.99. The van der Waals surface area contributed by atoms with E-state index in [1.54, 1.807) is 6.92 Å². The number of aryl methyl sites for hydroxylation is 2. The topological polar surface area (TPSA) is 109 Å². The van der Waals surface area contributed by atoms with Gasteiger partial charge in [0.2, 0.25) is 0 Å². The van der Waals surface area contributed by atoms with Crippen LogP contribution in [0.1, 0.15) is 42.6 Å². The van der Waals surface area contributed by atoms with Crippen LogP contribution >= 0.6 is 0 Å². The number of anilines is 1. The highest BCUT2D eigenvalue weighted by molar-refractivity contribution is 5.92. The lowest BCUT2D eigenvalue weighted by Crippen LogP contribution is -2.11. The molecule has 0 saturated heterocycles. The second kappa shape index (κ2) is 6.29. The summed E-state index contributed by atoms with van der Waals surface area (Å²) in [6.45, 7) is 5.97. The van der Waals surface area contributed by atoms with Gasteiger partial charge in [0.25, 0.3) is 5.95 Å². The molecule has 0 aliphatic carbocycles. The largest absolute Gasteiger partial charge is 0.461 e. The van der Waals surface area contributed by atoms with Crippen LogP contribution in [-0.4, -0.2) is 37.5 Å². The molecule has 0 bridgehead atoms. The molecule has 0 aliphatic rings. The van der Waals surface area contributed by atoms with Crippen molar-refractivity contribution >= 4 is 11.7 Å². The molecule has 2 aromatic rings. The van der Waals surface area contributed by atoms with E-state index in [0.717, 1.165) is 24.2 Å². The van der Waals surface area contributed by atoms with Gasteiger partial charge in [-0.3, -0.25) is 0 Å². The van der Waals surface area contributed by atoms with Crippen LogP contribution in [0.25, 0.3) is 5.95 Å². The molecule has 0 amide bonds. The maximum Gasteiger partial charge on any atom is 0.361 e. The number of rotatable bonds is 5. The van der Waals surface area contributed by atoms with E-state index in [-0.39, 0.29) is 23.9 Å². The average molecular weight is 290 g/mol. The SMILES string of the molecule is CCOC(=O)c1nn(-c2nnc(CC)c(CC)n2)cc1N. The number of aromatic nitrogens is 5. The van der Waals surface area contributed by atoms with Crippen molar-refractivity contribution in [2.24, 2.45) is 0 Å². The smallest absolute Gasteiger partial charge is 0.361 e. The van der Waals surface area contributed by atoms with Crippen molar-refractivity contribution in [1.29, 1.82) is 0 Å². The molecule has 0 radical (unpaired) electrons. The highest BCUT2D eigenvalue weighted by Gasteiger charge is 2.18. The summed E-state index contributed by atoms with van der Waals surface area (Å²) in [6, 6.07) is 0. The van der Waals surface area contributed by atoms with E-state index < -0.39 is 5.97 Å². The molecular formula is C13H18N6O2. The highest BCUT2D eigenvalue weighted by Crippen LogP contribution is 2.14. The number of nitrogens with zero attached hydrogens (tertiary/aromatic N) is 5. The van der Waals surface area contributed by atoms with Crippen molar-refractivity contribution in [1.82, 2.24) is 25.0 Å². The second-order valence-corrected chi connectivity index (χ2v) is 4.31. The minimum absolute atomic E-state index is 0.0538. The van der Waals surface area contributed by atoms with Gasteiger partial charge in [0.15, 0.2) is 5.69 Å². The molecule has 112 valence electrons. The predicted octanol–water partition coefficient (Wildman–Crippen LogP) is 0.941. The van der Waals surface area contributed by atoms with Crippen molar-refractivity contribution in [3.8, 4) is 5.95 Å². The molecular weight excluding hydrogens is 272 g/mol. The van der Waals surface area contributed by atoms with Crippen LogP contribution in [0, 0.1) is 0 Å². The molecule has 0 unspecified atom stereocenters. The van der Waals surface area contributed by atoms with Gasteiger partial charge < -0.3 is 10.5 Å². The van der Waals surface area contributed by atoms with Gasteiger partial charge in [-0.05, 0) is 19.8 Å². The Hall–Kier alpha value is -2.51. The summed E-state index contributed by atoms with van der Waals surface area (Å²) < 4.78 is 6.23. The van der Waals surface area contributed by atoms with Gasteiger partial charge in [-0.1, -0.05) is 13.8 Å². The van der Waals surface area contributed by atoms with Gasteiger partial charge in [-0.15, -0.1) is 10.2 Å². The quantitative estimate of drug-likeness (QED) is 0.816. The fourth-order valence-electron chi connectivity index (χ4n) is 1.87. The normalized spacial score (nSPS) is 10.6. The Kier molecular flexibility index (Phi) is 4.46. The minimum atomic E-state index is -0.567. The predicted molar refractivity (Wildman–Crippen MR) is 76.1 cm³/mol. The first-order valence-corrected chi connectivity index (χ1v) is 6.85. The Morgan fingerprint density at radius 1 is 1.24 bits per heavy atom. The molecule has 8 heteroatoms. The van der Waals surface area contributed by atoms with Gasteiger partial charge in [0.05, 0.1) is 29.9 Å². The number of nitrogen functional groups attached to an aromatic ring is 1. The number of hydrogen-bond acceptors (Lipinski definition) is 7. The first-order valence-electron chi connectivity index (χ1n) is 6.85. The standard InChI is InChI=1S/C13H18N6O2/c1-4-9-10(5-2)16-17-13(15-9)19-7-8(14)11(18-19)12(20)21-6-3/h7H,4-6,14H2,1-3H3. The lowest BCUT2D eigenvalue weighted by molar-refractivity contribution is 0.0520. The third-order valence-electron chi connectivity index (χ3n) is 2.91. The number of carbonyl (C=O) groups excluding carboxylic acids is 1. The van der Waals surface area contributed by atoms with Gasteiger partial charge >= 0.3 is 5.97 Å². The fourth-order valence-corrected chi connectivity index (χ4v) is 1.87. The van der Waals surface area contributed by atoms with Crippen molar-refractivity contribution in [2.75, 3.05) is 12.3 Å². The molecule has 2 rings (SSSR count). The zero-order valence-electron chi connectivity index (χ0n) is 12.3. The summed E-state index contributed by atoms with van der Waals surface area (Å²) in [4.78, 5) is 16.1. The zero-order chi connectivity index (χ0) is 15.4. The summed E-state index contributed by atoms with van der Waals surface area (Å²) in [7, 11) is 0. The monoisotopic (exact) mass is 290 g/mol. The van der Waals surface area contributed by atoms with Crippen molar-refractivity contribution in [3.63, 3.8) is 0 Å². The molecule has 0 aliphatic heterocycles. The van der Waals surface area contributed by atoms with Gasteiger partial charge in [0, 0.05) is 0 Å². The third kappa shape index (κ3) is 2.99. The molecule has 0 saturated carbocycles. The van der Waals surface area contributed by atoms with Crippen molar-refractivity contribution in [3.05, 3.63) is 23.3 Å². The zero-order valence-corrected chi connectivity index (χ0v) is 12.3. The van der Waals surface area contributed by atoms with Crippen molar-refractivity contribution in [2.45, 2.75) is 33.6 Å². The second-order valence-electron chi connectivity index (χ2n) is 4.31. The van der Waals surface area contributed by atoms with E-state index in [1.165, 1.54) is 10.9 Å². The Balaban J connectivity index is 2.39. The summed E-state index contributed by atoms with van der Waals surface area (Å²) in [5.74, 6) is -0.283. The molecule has 2 aromatic heterocycles. The first-order chi connectivity index (χ1) is 10.1. The Morgan fingerprint density at radius 2 is 1.95 bits per heavy atom. The average Bonchev–Trinajstić information content (AvgIpc) is 2.88. The lowest BCUT2D eigenvalue weighted by Gasteiger charge is -2.05. The number of ether oxygens (including phenoxy) is 1. The first kappa shape index (κ1) is 14.9. The maximum absolute atomic E-state index is 11.7. The summed E-state index contributed by atoms with van der Waals surface area (Å²) in [5.41, 5.74) is 7.76. The molecule has 0 spiro atoms. The maximum atomic E-state index is 11.7. The summed E-state index contributed by atoms with van der Waals surface area (Å²) in [5, 5.41) is 12.2. The third-order valence-corrected chi connectivity index (χ3v) is 2.91. The fraction of sp³-hybridized carbons (Fsp3) is 0.462. The molecule has 2 N–H and O–H groups in total. The van der Waals surface area contributed by atoms with Crippen LogP contribution in [0.4, 0.5) is 5.69 Å². The highest BCUT2D eigenvalue weighted by atomic mass is 16.5. The van der Waals surface area contributed by atoms with E-state index in [4.69, 9.17) is 10.5 Å². The molecule has 2 heterocycles. The Morgan fingerprint density at radius 3 is 2.57 bits per heavy atom. The number of esters is 1. The molecule has 0 aromatic carbocycles. The molecule has 0 atom stereocenters. The van der Waals surface area contributed by atoms with E-state index in [1.807, 2.05) is 13.8 Å². The van der Waals surface area contributed by atoms with Gasteiger partial charge in [-0.2, -0.15) is 5.10 Å². The van der Waals surface area contributed by atoms with E-state index in [9.17, 15) is 4.79 Å². The Bertz CT molecular complexity index is 652. The van der Waals surface area contributed by atoms with Crippen LogP contribution in [0.5, 0.6) is 0 Å². The van der Waals surface area contributed by atoms with Crippen LogP contribution in [0.3, 0.4) is 0 Å². The lowest BCUT2D eigenvalue weighted by atomic mass is 10.2. The van der Waals surface area contributed by atoms with Crippen LogP contribution < -0.4 is 5.73 Å². The van der Waals surface area contributed by atoms with E-state index >= 15 is 0 Å². The van der Waals surface area contributed by atoms with Gasteiger partial charge in [-0.25, -0.2) is 14.5 Å². The number of carbonyl (C=O) groups is 1. The van der Waals surface area contributed by atoms with E-state index in [2.05, 4.69) is 20.3 Å². The molecule has 0 fully saturated rings. The van der Waals surface area contributed by atoms with Crippen molar-refractivity contribution < 1.29 is 9.53 Å². The minimum Gasteiger partial charge on any atom is -0.461 e.